The molecule has 0 unspecified atom stereocenters. The van der Waals surface area contributed by atoms with Crippen LogP contribution in [0.4, 0.5) is 0 Å². The molecule has 4 bridgehead atoms. The lowest BCUT2D eigenvalue weighted by Gasteiger charge is -2.57. The van der Waals surface area contributed by atoms with Gasteiger partial charge in [-0.2, -0.15) is 0 Å². The van der Waals surface area contributed by atoms with Crippen LogP contribution in [0.25, 0.3) is 66.6 Å². The van der Waals surface area contributed by atoms with Gasteiger partial charge in [-0.3, -0.25) is 0 Å². The zero-order valence-corrected chi connectivity index (χ0v) is 26.4. The van der Waals surface area contributed by atoms with Crippen molar-refractivity contribution >= 4 is 21.9 Å². The third-order valence-electron chi connectivity index (χ3n) is 11.6. The zero-order chi connectivity index (χ0) is 31.0. The Morgan fingerprint density at radius 1 is 0.532 bits per heavy atom. The fourth-order valence-corrected chi connectivity index (χ4v) is 9.94. The Bertz CT molecular complexity index is 2250. The van der Waals surface area contributed by atoms with Gasteiger partial charge in [0, 0.05) is 16.7 Å². The number of aromatic nitrogens is 2. The van der Waals surface area contributed by atoms with E-state index in [-0.39, 0.29) is 0 Å². The Labute approximate surface area is 275 Å². The van der Waals surface area contributed by atoms with Gasteiger partial charge in [0.15, 0.2) is 12.0 Å². The Kier molecular flexibility index (Phi) is 6.06. The molecule has 228 valence electrons. The molecule has 0 spiro atoms. The first-order valence-corrected chi connectivity index (χ1v) is 17.2. The smallest absolute Gasteiger partial charge is 0.182 e. The van der Waals surface area contributed by atoms with Gasteiger partial charge in [-0.1, -0.05) is 103 Å². The molecule has 4 saturated carbocycles. The molecular weight excluding hydrogens is 572 g/mol. The second-order valence-corrected chi connectivity index (χ2v) is 14.5. The lowest BCUT2D eigenvalue weighted by Crippen LogP contribution is -2.48. The predicted molar refractivity (Wildman–Crippen MR) is 191 cm³/mol. The maximum absolute atomic E-state index is 5.65. The minimum Gasteiger partial charge on any atom is -0.443 e. The first-order chi connectivity index (χ1) is 23.2. The van der Waals surface area contributed by atoms with Crippen molar-refractivity contribution in [2.45, 2.75) is 43.9 Å². The molecule has 0 saturated heterocycles. The molecule has 7 aromatic rings. The minimum absolute atomic E-state index is 0.398. The Morgan fingerprint density at radius 3 is 1.85 bits per heavy atom. The van der Waals surface area contributed by atoms with Crippen LogP contribution < -0.4 is 0 Å². The summed E-state index contributed by atoms with van der Waals surface area (Å²) in [6.07, 6.45) is 10.1. The summed E-state index contributed by atoms with van der Waals surface area (Å²) in [5, 5.41) is 2.40. The summed E-state index contributed by atoms with van der Waals surface area (Å²) in [4.78, 5) is 9.83. The fourth-order valence-electron chi connectivity index (χ4n) is 9.94. The highest BCUT2D eigenvalue weighted by Crippen LogP contribution is 2.60. The maximum Gasteiger partial charge on any atom is 0.182 e. The van der Waals surface area contributed by atoms with Gasteiger partial charge in [-0.15, -0.1) is 0 Å². The van der Waals surface area contributed by atoms with E-state index in [9.17, 15) is 0 Å². The SMILES string of the molecule is c1ccc(-c2cc(-c3ccc(-c4cccc5ocnc45)c4ccccc34)cc(-c3ccc(C45CC6CC(CC(C6)C4)C5)cc3)n2)cc1. The van der Waals surface area contributed by atoms with E-state index in [1.165, 1.54) is 72.4 Å². The minimum atomic E-state index is 0.398. The highest BCUT2D eigenvalue weighted by atomic mass is 16.3. The first kappa shape index (κ1) is 27.1. The Balaban J connectivity index is 1.10. The van der Waals surface area contributed by atoms with Gasteiger partial charge in [0.05, 0.1) is 11.4 Å². The highest BCUT2D eigenvalue weighted by Gasteiger charge is 2.51. The average molecular weight is 609 g/mol. The van der Waals surface area contributed by atoms with Crippen LogP contribution in [0.1, 0.15) is 44.1 Å². The van der Waals surface area contributed by atoms with Crippen molar-refractivity contribution in [1.82, 2.24) is 9.97 Å². The summed E-state index contributed by atoms with van der Waals surface area (Å²) in [5.41, 5.74) is 12.6. The second kappa shape index (κ2) is 10.5. The summed E-state index contributed by atoms with van der Waals surface area (Å²) in [6.45, 7) is 0. The number of oxazole rings is 1. The summed E-state index contributed by atoms with van der Waals surface area (Å²) in [6, 6.07) is 44.0. The Hall–Kier alpha value is -5.02. The van der Waals surface area contributed by atoms with E-state index in [1.54, 1.807) is 5.56 Å². The summed E-state index contributed by atoms with van der Waals surface area (Å²) in [5.74, 6) is 2.83. The molecular formula is C44H36N2O. The van der Waals surface area contributed by atoms with Crippen molar-refractivity contribution in [2.75, 3.05) is 0 Å². The van der Waals surface area contributed by atoms with Crippen molar-refractivity contribution in [3.05, 3.63) is 133 Å². The molecule has 47 heavy (non-hydrogen) atoms. The molecule has 0 amide bonds. The van der Waals surface area contributed by atoms with Crippen LogP contribution >= 0.6 is 0 Å². The van der Waals surface area contributed by atoms with Crippen molar-refractivity contribution in [2.24, 2.45) is 17.8 Å². The monoisotopic (exact) mass is 608 g/mol. The van der Waals surface area contributed by atoms with E-state index < -0.39 is 0 Å². The summed E-state index contributed by atoms with van der Waals surface area (Å²) < 4.78 is 5.65. The highest BCUT2D eigenvalue weighted by molar-refractivity contribution is 6.08. The molecule has 3 heteroatoms. The number of nitrogens with zero attached hydrogens (tertiary/aromatic N) is 2. The van der Waals surface area contributed by atoms with Crippen LogP contribution in [-0.4, -0.2) is 9.97 Å². The quantitative estimate of drug-likeness (QED) is 0.195. The van der Waals surface area contributed by atoms with Crippen LogP contribution in [0.15, 0.2) is 132 Å². The summed E-state index contributed by atoms with van der Waals surface area (Å²) >= 11 is 0. The van der Waals surface area contributed by atoms with Crippen molar-refractivity contribution < 1.29 is 4.42 Å². The fraction of sp³-hybridized carbons (Fsp3) is 0.227. The molecule has 4 aliphatic carbocycles. The van der Waals surface area contributed by atoms with Gasteiger partial charge in [0.1, 0.15) is 5.52 Å². The van der Waals surface area contributed by atoms with Crippen LogP contribution in [-0.2, 0) is 5.41 Å². The van der Waals surface area contributed by atoms with Crippen molar-refractivity contribution in [3.63, 3.8) is 0 Å². The zero-order valence-electron chi connectivity index (χ0n) is 26.4. The number of hydrogen-bond acceptors (Lipinski definition) is 3. The maximum atomic E-state index is 5.65. The molecule has 0 atom stereocenters. The van der Waals surface area contributed by atoms with Gasteiger partial charge in [-0.25, -0.2) is 9.97 Å². The van der Waals surface area contributed by atoms with Gasteiger partial charge in [0.25, 0.3) is 0 Å². The average Bonchev–Trinajstić information content (AvgIpc) is 3.61. The topological polar surface area (TPSA) is 38.9 Å². The second-order valence-electron chi connectivity index (χ2n) is 14.5. The molecule has 3 nitrogen and oxygen atoms in total. The number of hydrogen-bond donors (Lipinski definition) is 0. The van der Waals surface area contributed by atoms with Gasteiger partial charge >= 0.3 is 0 Å². The molecule has 0 aliphatic heterocycles. The number of pyridine rings is 1. The van der Waals surface area contributed by atoms with Crippen LogP contribution in [0.3, 0.4) is 0 Å². The van der Waals surface area contributed by atoms with Crippen molar-refractivity contribution in [3.8, 4) is 44.8 Å². The normalized spacial score (nSPS) is 23.1. The lowest BCUT2D eigenvalue weighted by atomic mass is 9.48. The van der Waals surface area contributed by atoms with Gasteiger partial charge in [-0.05, 0) is 113 Å². The standard InChI is InChI=1S/C44H36N2O/c1-2-7-31(8-3-1)40-22-33(35-17-18-38(37-10-5-4-9-36(35)37)39-11-6-12-42-43(39)45-27-47-42)23-41(46-40)32-13-15-34(16-14-32)44-24-28-19-29(25-44)21-30(20-28)26-44/h1-18,22-23,27-30H,19-21,24-26H2. The molecule has 0 radical (unpaired) electrons. The van der Waals surface area contributed by atoms with E-state index in [2.05, 4.69) is 114 Å². The van der Waals surface area contributed by atoms with E-state index >= 15 is 0 Å². The Morgan fingerprint density at radius 2 is 1.15 bits per heavy atom. The summed E-state index contributed by atoms with van der Waals surface area (Å²) in [7, 11) is 0. The van der Waals surface area contributed by atoms with E-state index in [1.807, 2.05) is 12.1 Å². The van der Waals surface area contributed by atoms with E-state index in [0.717, 1.165) is 56.9 Å². The van der Waals surface area contributed by atoms with Crippen LogP contribution in [0.2, 0.25) is 0 Å². The largest absolute Gasteiger partial charge is 0.443 e. The van der Waals surface area contributed by atoms with Crippen molar-refractivity contribution in [1.29, 1.82) is 0 Å². The van der Waals surface area contributed by atoms with E-state index in [0.29, 0.717) is 5.41 Å². The molecule has 4 fully saturated rings. The van der Waals surface area contributed by atoms with E-state index in [4.69, 9.17) is 9.40 Å². The van der Waals surface area contributed by atoms with Gasteiger partial charge in [0.2, 0.25) is 0 Å². The first-order valence-electron chi connectivity index (χ1n) is 17.2. The van der Waals surface area contributed by atoms with Crippen LogP contribution in [0.5, 0.6) is 0 Å². The third kappa shape index (κ3) is 4.47. The molecule has 0 N–H and O–H groups in total. The number of para-hydroxylation sites is 1. The molecule has 11 rings (SSSR count). The molecule has 2 aromatic heterocycles. The molecule has 2 heterocycles. The number of benzene rings is 5. The lowest BCUT2D eigenvalue weighted by molar-refractivity contribution is -0.00518. The number of fused-ring (bicyclic) bond motifs is 2. The predicted octanol–water partition coefficient (Wildman–Crippen LogP) is 11.5. The number of rotatable bonds is 5. The third-order valence-corrected chi connectivity index (χ3v) is 11.6. The van der Waals surface area contributed by atoms with Crippen LogP contribution in [0, 0.1) is 17.8 Å². The van der Waals surface area contributed by atoms with Gasteiger partial charge < -0.3 is 4.42 Å². The molecule has 4 aliphatic rings. The molecule has 5 aromatic carbocycles.